The van der Waals surface area contributed by atoms with Gasteiger partial charge in [-0.3, -0.25) is 0 Å². The lowest BCUT2D eigenvalue weighted by atomic mass is 10.3. The Bertz CT molecular complexity index is 522. The van der Waals surface area contributed by atoms with Gasteiger partial charge in [-0.05, 0) is 12.1 Å². The molecule has 0 aliphatic carbocycles. The van der Waals surface area contributed by atoms with Gasteiger partial charge in [-0.25, -0.2) is 4.98 Å². The molecular weight excluding hydrogens is 196 g/mol. The molecule has 4 nitrogen and oxygen atoms in total. The topological polar surface area (TPSA) is 54.5 Å². The molecule has 0 radical (unpaired) electrons. The Balaban J connectivity index is 2.24. The predicted octanol–water partition coefficient (Wildman–Crippen LogP) is 2.08. The molecule has 3 aromatic rings. The molecule has 5 heteroatoms. The second kappa shape index (κ2) is 2.88. The highest BCUT2D eigenvalue weighted by atomic mass is 32.1. The van der Waals surface area contributed by atoms with Crippen molar-refractivity contribution in [1.82, 2.24) is 18.7 Å². The van der Waals surface area contributed by atoms with Gasteiger partial charge in [0, 0.05) is 0 Å². The summed E-state index contributed by atoms with van der Waals surface area (Å²) in [6.07, 6.45) is 1.71. The fraction of sp³-hybridized carbons (Fsp3) is 0. The standard InChI is InChI=1S/C9H6N4S/c1-2-4-7-6(3-1)11-9(12-7)8-5-10-14-13-8/h1-5H,(H,11,12). The number of nitrogens with zero attached hydrogens (tertiary/aromatic N) is 3. The molecule has 0 atom stereocenters. The van der Waals surface area contributed by atoms with Crippen LogP contribution < -0.4 is 0 Å². The third-order valence-corrected chi connectivity index (χ3v) is 2.47. The molecule has 0 amide bonds. The van der Waals surface area contributed by atoms with E-state index in [2.05, 4.69) is 18.7 Å². The molecule has 0 spiro atoms. The molecule has 2 heterocycles. The maximum Gasteiger partial charge on any atom is 0.159 e. The van der Waals surface area contributed by atoms with Crippen LogP contribution in [0.2, 0.25) is 0 Å². The number of fused-ring (bicyclic) bond motifs is 1. The SMILES string of the molecule is c1ccc2[nH]c(-c3cnsn3)nc2c1. The van der Waals surface area contributed by atoms with Crippen LogP contribution in [0.5, 0.6) is 0 Å². The van der Waals surface area contributed by atoms with E-state index in [0.717, 1.165) is 22.6 Å². The molecule has 0 saturated carbocycles. The summed E-state index contributed by atoms with van der Waals surface area (Å²) in [5.74, 6) is 0.778. The predicted molar refractivity (Wildman–Crippen MR) is 55.0 cm³/mol. The lowest BCUT2D eigenvalue weighted by Gasteiger charge is -1.83. The zero-order valence-electron chi connectivity index (χ0n) is 7.14. The van der Waals surface area contributed by atoms with Gasteiger partial charge < -0.3 is 4.98 Å². The van der Waals surface area contributed by atoms with E-state index in [-0.39, 0.29) is 0 Å². The normalized spacial score (nSPS) is 10.9. The number of H-pyrrole nitrogens is 1. The van der Waals surface area contributed by atoms with Crippen molar-refractivity contribution in [3.8, 4) is 11.5 Å². The van der Waals surface area contributed by atoms with Gasteiger partial charge in [-0.1, -0.05) is 12.1 Å². The fourth-order valence-corrected chi connectivity index (χ4v) is 1.76. The highest BCUT2D eigenvalue weighted by Gasteiger charge is 2.06. The van der Waals surface area contributed by atoms with Gasteiger partial charge in [-0.15, -0.1) is 0 Å². The Morgan fingerprint density at radius 3 is 2.93 bits per heavy atom. The number of aromatic nitrogens is 4. The van der Waals surface area contributed by atoms with Crippen LogP contribution in [0.3, 0.4) is 0 Å². The summed E-state index contributed by atoms with van der Waals surface area (Å²) in [6.45, 7) is 0. The molecule has 68 valence electrons. The largest absolute Gasteiger partial charge is 0.337 e. The first-order valence-electron chi connectivity index (χ1n) is 4.16. The van der Waals surface area contributed by atoms with Crippen LogP contribution in [0.25, 0.3) is 22.6 Å². The minimum atomic E-state index is 0.778. The van der Waals surface area contributed by atoms with Crippen molar-refractivity contribution in [3.63, 3.8) is 0 Å². The number of aromatic amines is 1. The van der Waals surface area contributed by atoms with Crippen molar-refractivity contribution >= 4 is 22.8 Å². The smallest absolute Gasteiger partial charge is 0.159 e. The highest BCUT2D eigenvalue weighted by molar-refractivity contribution is 6.99. The maximum absolute atomic E-state index is 4.40. The van der Waals surface area contributed by atoms with Crippen LogP contribution >= 0.6 is 11.7 Å². The van der Waals surface area contributed by atoms with Gasteiger partial charge in [-0.2, -0.15) is 8.75 Å². The van der Waals surface area contributed by atoms with Crippen molar-refractivity contribution in [3.05, 3.63) is 30.5 Å². The van der Waals surface area contributed by atoms with E-state index >= 15 is 0 Å². The van der Waals surface area contributed by atoms with E-state index in [1.807, 2.05) is 24.3 Å². The summed E-state index contributed by atoms with van der Waals surface area (Å²) in [4.78, 5) is 7.59. The average Bonchev–Trinajstić information content (AvgIpc) is 2.86. The van der Waals surface area contributed by atoms with E-state index in [1.165, 1.54) is 11.7 Å². The number of para-hydroxylation sites is 2. The summed E-state index contributed by atoms with van der Waals surface area (Å²) in [5.41, 5.74) is 2.78. The average molecular weight is 202 g/mol. The first-order chi connectivity index (χ1) is 6.93. The number of rotatable bonds is 1. The van der Waals surface area contributed by atoms with Crippen LogP contribution in [-0.2, 0) is 0 Å². The molecular formula is C9H6N4S. The van der Waals surface area contributed by atoms with Gasteiger partial charge >= 0.3 is 0 Å². The second-order valence-electron chi connectivity index (χ2n) is 2.90. The quantitative estimate of drug-likeness (QED) is 0.657. The van der Waals surface area contributed by atoms with Crippen molar-refractivity contribution in [2.24, 2.45) is 0 Å². The van der Waals surface area contributed by atoms with Crippen LogP contribution in [0.1, 0.15) is 0 Å². The summed E-state index contributed by atoms with van der Waals surface area (Å²) >= 11 is 1.18. The highest BCUT2D eigenvalue weighted by Crippen LogP contribution is 2.18. The summed E-state index contributed by atoms with van der Waals surface area (Å²) < 4.78 is 8.06. The number of benzene rings is 1. The molecule has 2 aromatic heterocycles. The van der Waals surface area contributed by atoms with Gasteiger partial charge in [0.25, 0.3) is 0 Å². The Kier molecular flexibility index (Phi) is 1.57. The van der Waals surface area contributed by atoms with Crippen LogP contribution in [0.15, 0.2) is 30.5 Å². The van der Waals surface area contributed by atoms with Crippen LogP contribution in [-0.4, -0.2) is 18.7 Å². The molecule has 0 bridgehead atoms. The van der Waals surface area contributed by atoms with Crippen molar-refractivity contribution in [2.75, 3.05) is 0 Å². The number of hydrogen-bond acceptors (Lipinski definition) is 4. The lowest BCUT2D eigenvalue weighted by Crippen LogP contribution is -1.77. The zero-order valence-corrected chi connectivity index (χ0v) is 7.95. The Labute approximate surface area is 84.0 Å². The molecule has 0 fully saturated rings. The molecule has 3 rings (SSSR count). The first-order valence-corrected chi connectivity index (χ1v) is 4.89. The van der Waals surface area contributed by atoms with E-state index < -0.39 is 0 Å². The summed E-state index contributed by atoms with van der Waals surface area (Å²) in [7, 11) is 0. The molecule has 0 saturated heterocycles. The van der Waals surface area contributed by atoms with Crippen molar-refractivity contribution in [1.29, 1.82) is 0 Å². The third-order valence-electron chi connectivity index (χ3n) is 1.99. The van der Waals surface area contributed by atoms with Gasteiger partial charge in [0.15, 0.2) is 5.82 Å². The number of hydrogen-bond donors (Lipinski definition) is 1. The zero-order chi connectivity index (χ0) is 9.38. The van der Waals surface area contributed by atoms with Crippen molar-refractivity contribution in [2.45, 2.75) is 0 Å². The lowest BCUT2D eigenvalue weighted by molar-refractivity contribution is 1.30. The van der Waals surface area contributed by atoms with E-state index in [0.29, 0.717) is 0 Å². The minimum absolute atomic E-state index is 0.778. The monoisotopic (exact) mass is 202 g/mol. The van der Waals surface area contributed by atoms with E-state index in [9.17, 15) is 0 Å². The minimum Gasteiger partial charge on any atom is -0.337 e. The van der Waals surface area contributed by atoms with Gasteiger partial charge in [0.2, 0.25) is 0 Å². The number of imidazole rings is 1. The Hall–Kier alpha value is -1.75. The molecule has 14 heavy (non-hydrogen) atoms. The number of nitrogens with one attached hydrogen (secondary N) is 1. The summed E-state index contributed by atoms with van der Waals surface area (Å²) in [5, 5.41) is 0. The fourth-order valence-electron chi connectivity index (χ4n) is 1.34. The van der Waals surface area contributed by atoms with Crippen LogP contribution in [0.4, 0.5) is 0 Å². The van der Waals surface area contributed by atoms with Crippen molar-refractivity contribution < 1.29 is 0 Å². The first kappa shape index (κ1) is 7.64. The van der Waals surface area contributed by atoms with E-state index in [1.54, 1.807) is 6.20 Å². The third kappa shape index (κ3) is 1.10. The van der Waals surface area contributed by atoms with Gasteiger partial charge in [0.1, 0.15) is 5.69 Å². The van der Waals surface area contributed by atoms with Crippen LogP contribution in [0, 0.1) is 0 Å². The molecule has 0 aliphatic rings. The molecule has 1 aromatic carbocycles. The molecule has 0 unspecified atom stereocenters. The van der Waals surface area contributed by atoms with E-state index in [4.69, 9.17) is 0 Å². The Morgan fingerprint density at radius 2 is 2.14 bits per heavy atom. The maximum atomic E-state index is 4.40. The van der Waals surface area contributed by atoms with Gasteiger partial charge in [0.05, 0.1) is 29.0 Å². The Morgan fingerprint density at radius 1 is 1.21 bits per heavy atom. The summed E-state index contributed by atoms with van der Waals surface area (Å²) in [6, 6.07) is 7.90. The molecule has 1 N–H and O–H groups in total. The molecule has 0 aliphatic heterocycles. The second-order valence-corrected chi connectivity index (χ2v) is 3.45.